The van der Waals surface area contributed by atoms with Gasteiger partial charge >= 0.3 is 161 Å². The molecule has 3 aliphatic rings. The summed E-state index contributed by atoms with van der Waals surface area (Å²) in [5.41, 5.74) is -12.6. The molecule has 8 nitrogen and oxygen atoms in total. The summed E-state index contributed by atoms with van der Waals surface area (Å²) < 4.78 is 741. The summed E-state index contributed by atoms with van der Waals surface area (Å²) in [5, 5.41) is 0. The highest BCUT2D eigenvalue weighted by atomic mass is 19.4. The van der Waals surface area contributed by atoms with Gasteiger partial charge in [0.15, 0.2) is 13.5 Å². The van der Waals surface area contributed by atoms with Crippen molar-refractivity contribution in [2.75, 3.05) is 13.5 Å². The largest absolute Gasteiger partial charge is 0.525 e. The van der Waals surface area contributed by atoms with Crippen LogP contribution in [0.15, 0.2) is 0 Å². The van der Waals surface area contributed by atoms with Crippen molar-refractivity contribution in [2.24, 2.45) is 0 Å². The number of hydrogen-bond donors (Lipinski definition) is 0. The van der Waals surface area contributed by atoms with Crippen LogP contribution in [-0.2, 0) is 37.9 Å². The molecule has 0 aliphatic carbocycles. The highest BCUT2D eigenvalue weighted by Crippen LogP contribution is 2.70. The van der Waals surface area contributed by atoms with Crippen molar-refractivity contribution in [2.45, 2.75) is 254 Å². The zero-order chi connectivity index (χ0) is 88.6. The van der Waals surface area contributed by atoms with Crippen molar-refractivity contribution >= 4 is 0 Å². The maximum Gasteiger partial charge on any atom is 0.525 e. The number of halogens is 56. The van der Waals surface area contributed by atoms with Crippen molar-refractivity contribution in [3.05, 3.63) is 0 Å². The van der Waals surface area contributed by atoms with Gasteiger partial charge in [0, 0.05) is 62.3 Å². The minimum Gasteiger partial charge on any atom is -0.309 e. The fourth-order valence-electron chi connectivity index (χ4n) is 7.19. The lowest BCUT2D eigenvalue weighted by Gasteiger charge is -2.54. The Labute approximate surface area is 551 Å². The molecule has 0 aromatic carbocycles. The molecule has 3 fully saturated rings. The second kappa shape index (κ2) is 28.1. The van der Waals surface area contributed by atoms with Gasteiger partial charge in [0.1, 0.15) is 0 Å². The first-order valence-electron chi connectivity index (χ1n) is 24.9. The molecule has 0 radical (unpaired) electrons. The summed E-state index contributed by atoms with van der Waals surface area (Å²) in [5.74, 6) is -132. The van der Waals surface area contributed by atoms with Crippen LogP contribution < -0.4 is 0 Å². The topological polar surface area (TPSA) is 73.8 Å². The lowest BCUT2D eigenvalue weighted by Crippen LogP contribution is -2.84. The lowest BCUT2D eigenvalue weighted by molar-refractivity contribution is -0.601. The molecule has 10 unspecified atom stereocenters. The molecule has 3 rings (SSSR count). The number of hydrogen-bond acceptors (Lipinski definition) is 8. The standard InChI is InChI=1S/C9H6F12O2.C9H6F12O.C9H8F12O.C8H6F10O2.C8H8F10O2/c1-3(10,11)6(15)5(13,14)4(2,12)22-7(23-6,8(16,17)18)9(19,20)21;1-3(10,11)5(14)6(15,16)7(17,18)9(20,21)22-8(5,19)4(2,12)13;1-4(11,6(14,15)3-10)7(16,17)8(18,5(2,12)13)22-9(19,20)21;1-3(9,10)5(13)6(14,4(2,11)12)20-8(17,18)7(15,16)19-5;1-4(10,11)7(15,20-8(16,17)18)6(13,14)5(2,12)19-3-9/h1-2H3;1-2H3;3H2,1-2H3;1-2H3;3H2,1-2H3. The smallest absolute Gasteiger partial charge is 0.309 e. The summed E-state index contributed by atoms with van der Waals surface area (Å²) in [4.78, 5) is 0. The number of rotatable bonds is 17. The summed E-state index contributed by atoms with van der Waals surface area (Å²) >= 11 is 0. The molecule has 0 N–H and O–H groups in total. The van der Waals surface area contributed by atoms with Crippen molar-refractivity contribution in [3.8, 4) is 0 Å². The Kier molecular flexibility index (Phi) is 27.5. The van der Waals surface area contributed by atoms with Gasteiger partial charge in [0.25, 0.3) is 17.6 Å². The van der Waals surface area contributed by atoms with E-state index in [1.807, 2.05) is 4.74 Å². The predicted octanol–water partition coefficient (Wildman–Crippen LogP) is 21.8. The molecule has 3 heterocycles. The van der Waals surface area contributed by atoms with Gasteiger partial charge in [-0.1, -0.05) is 0 Å². The molecule has 3 aliphatic heterocycles. The van der Waals surface area contributed by atoms with Gasteiger partial charge in [-0.15, -0.1) is 26.3 Å². The lowest BCUT2D eigenvalue weighted by atomic mass is 9.75. The molecular weight excluding hydrogens is 1710 g/mol. The van der Waals surface area contributed by atoms with Crippen molar-refractivity contribution in [3.63, 3.8) is 0 Å². The molecule has 107 heavy (non-hydrogen) atoms. The molecule has 0 bridgehead atoms. The zero-order valence-electron chi connectivity index (χ0n) is 51.3. The van der Waals surface area contributed by atoms with Crippen LogP contribution in [0.25, 0.3) is 0 Å². The van der Waals surface area contributed by atoms with Crippen LogP contribution in [0.1, 0.15) is 69.2 Å². The van der Waals surface area contributed by atoms with E-state index in [2.05, 4.69) is 33.2 Å². The Morgan fingerprint density at radius 3 is 0.794 bits per heavy atom. The Bertz CT molecular complexity index is 2920. The monoisotopic (exact) mass is 1740 g/mol. The van der Waals surface area contributed by atoms with Gasteiger partial charge in [-0.2, -0.15) is 127 Å². The van der Waals surface area contributed by atoms with E-state index in [0.29, 0.717) is 0 Å². The van der Waals surface area contributed by atoms with Crippen LogP contribution in [-0.4, -0.2) is 198 Å². The minimum absolute atomic E-state index is 0.424. The highest BCUT2D eigenvalue weighted by molar-refractivity contribution is 5.23. The first-order chi connectivity index (χ1) is 45.1. The van der Waals surface area contributed by atoms with Crippen LogP contribution in [0.5, 0.6) is 0 Å². The van der Waals surface area contributed by atoms with Crippen LogP contribution >= 0.6 is 0 Å². The fourth-order valence-corrected chi connectivity index (χ4v) is 7.19. The minimum atomic E-state index is -7.24. The van der Waals surface area contributed by atoms with Gasteiger partial charge in [-0.3, -0.25) is 23.7 Å². The summed E-state index contributed by atoms with van der Waals surface area (Å²) in [7, 11) is 0. The normalized spacial score (nSPS) is 30.4. The second-order valence-corrected chi connectivity index (χ2v) is 22.0. The van der Waals surface area contributed by atoms with Crippen molar-refractivity contribution < 1.29 is 284 Å². The zero-order valence-corrected chi connectivity index (χ0v) is 51.3. The Hall–Kier alpha value is -4.24. The molecule has 0 spiro atoms. The second-order valence-electron chi connectivity index (χ2n) is 22.0. The summed E-state index contributed by atoms with van der Waals surface area (Å²) in [6, 6.07) is 0. The molecule has 3 saturated heterocycles. The van der Waals surface area contributed by atoms with E-state index in [-0.39, 0.29) is 0 Å². The molecular formula is C43H34F56O8. The SMILES string of the molecule is CC(F)(F)C(F)(OC(F)(F)F)C(F)(F)C(C)(F)C(F)(F)CF.CC(F)(F)C(F)(OC(F)(F)F)C(F)(F)C(C)(F)OCF.CC(F)(F)C1(F)OC(C(F)(F)F)(C(F)(F)F)OC(C)(F)C1(F)F.CC(F)(F)C1(F)OC(F)(F)C(F)(F)C(F)(F)C1(F)C(C)(F)F.CC(F)(F)C1(F)OC(F)(F)C(F)(F)OC1(F)C(C)(F)F. The third-order valence-electron chi connectivity index (χ3n) is 13.2. The van der Waals surface area contributed by atoms with Crippen molar-refractivity contribution in [1.82, 2.24) is 0 Å². The third kappa shape index (κ3) is 17.2. The van der Waals surface area contributed by atoms with Gasteiger partial charge in [-0.05, 0) is 6.92 Å². The summed E-state index contributed by atoms with van der Waals surface area (Å²) in [6.07, 6.45) is -45.5. The average Bonchev–Trinajstić information content (AvgIpc) is 0.669. The van der Waals surface area contributed by atoms with E-state index >= 15 is 0 Å². The van der Waals surface area contributed by atoms with E-state index in [1.165, 1.54) is 0 Å². The Morgan fingerprint density at radius 2 is 0.570 bits per heavy atom. The molecule has 0 aromatic heterocycles. The first-order valence-corrected chi connectivity index (χ1v) is 24.9. The van der Waals surface area contributed by atoms with Gasteiger partial charge in [0.2, 0.25) is 5.67 Å². The van der Waals surface area contributed by atoms with Crippen LogP contribution in [0.2, 0.25) is 0 Å². The third-order valence-corrected chi connectivity index (χ3v) is 13.2. The predicted molar refractivity (Wildman–Crippen MR) is 222 cm³/mol. The molecule has 646 valence electrons. The summed E-state index contributed by atoms with van der Waals surface area (Å²) in [6.45, 7) is -13.1. The van der Waals surface area contributed by atoms with Gasteiger partial charge < -0.3 is 4.74 Å². The molecule has 0 saturated carbocycles. The molecule has 0 amide bonds. The van der Waals surface area contributed by atoms with E-state index in [4.69, 9.17) is 0 Å². The van der Waals surface area contributed by atoms with Gasteiger partial charge in [0.05, 0.1) is 0 Å². The Balaban J connectivity index is 0. The van der Waals surface area contributed by atoms with E-state index in [1.54, 1.807) is 0 Å². The molecule has 10 atom stereocenters. The maximum absolute atomic E-state index is 13.9. The first kappa shape index (κ1) is 105. The fraction of sp³-hybridized carbons (Fsp3) is 1.00. The van der Waals surface area contributed by atoms with Crippen LogP contribution in [0, 0.1) is 0 Å². The van der Waals surface area contributed by atoms with E-state index < -0.39 is 267 Å². The quantitative estimate of drug-likeness (QED) is 0.133. The molecule has 64 heteroatoms. The maximum atomic E-state index is 13.9. The Morgan fingerprint density at radius 1 is 0.299 bits per heavy atom. The van der Waals surface area contributed by atoms with Gasteiger partial charge in [-0.25, -0.2) is 102 Å². The molecule has 0 aromatic rings. The van der Waals surface area contributed by atoms with Crippen LogP contribution in [0.3, 0.4) is 0 Å². The number of alkyl halides is 56. The van der Waals surface area contributed by atoms with E-state index in [0.717, 1.165) is 0 Å². The van der Waals surface area contributed by atoms with Crippen molar-refractivity contribution in [1.29, 1.82) is 0 Å². The average molecular weight is 1740 g/mol. The van der Waals surface area contributed by atoms with E-state index in [9.17, 15) is 246 Å². The highest BCUT2D eigenvalue weighted by Gasteiger charge is 2.99. The van der Waals surface area contributed by atoms with Crippen LogP contribution in [0.4, 0.5) is 246 Å². The number of ether oxygens (including phenoxy) is 8.